The van der Waals surface area contributed by atoms with Gasteiger partial charge in [0.05, 0.1) is 11.4 Å². The predicted molar refractivity (Wildman–Crippen MR) is 84.6 cm³/mol. The van der Waals surface area contributed by atoms with Crippen molar-refractivity contribution in [2.24, 2.45) is 10.2 Å². The summed E-state index contributed by atoms with van der Waals surface area (Å²) in [5.74, 6) is 0.228. The molecule has 0 aliphatic rings. The molecule has 0 spiro atoms. The fourth-order valence-electron chi connectivity index (χ4n) is 2.49. The van der Waals surface area contributed by atoms with Crippen LogP contribution in [0, 0.1) is 19.7 Å². The summed E-state index contributed by atoms with van der Waals surface area (Å²) >= 11 is 0. The number of pyridine rings is 1. The fraction of sp³-hybridized carbons (Fsp3) is 0.235. The van der Waals surface area contributed by atoms with E-state index in [0.717, 1.165) is 28.9 Å². The molecule has 0 aliphatic carbocycles. The number of aryl methyl sites for hydroxylation is 3. The molecule has 0 saturated heterocycles. The van der Waals surface area contributed by atoms with Crippen LogP contribution in [0.1, 0.15) is 23.7 Å². The Morgan fingerprint density at radius 1 is 1.14 bits per heavy atom. The Labute approximate surface area is 128 Å². The molecule has 3 rings (SSSR count). The van der Waals surface area contributed by atoms with Gasteiger partial charge in [-0.25, -0.2) is 9.37 Å². The van der Waals surface area contributed by atoms with E-state index in [1.54, 1.807) is 10.5 Å². The normalized spacial score (nSPS) is 11.6. The molecule has 4 nitrogen and oxygen atoms in total. The van der Waals surface area contributed by atoms with Gasteiger partial charge in [0, 0.05) is 6.20 Å². The second-order valence-corrected chi connectivity index (χ2v) is 5.23. The Bertz CT molecular complexity index is 864. The number of azo groups is 1. The summed E-state index contributed by atoms with van der Waals surface area (Å²) in [6.07, 6.45) is 2.26. The summed E-state index contributed by atoms with van der Waals surface area (Å²) in [5, 5.41) is 8.73. The van der Waals surface area contributed by atoms with E-state index >= 15 is 0 Å². The number of imidazole rings is 1. The van der Waals surface area contributed by atoms with Crippen molar-refractivity contribution >= 4 is 17.2 Å². The van der Waals surface area contributed by atoms with Crippen LogP contribution in [0.2, 0.25) is 0 Å². The zero-order valence-electron chi connectivity index (χ0n) is 12.8. The lowest BCUT2D eigenvalue weighted by atomic mass is 10.1. The van der Waals surface area contributed by atoms with Crippen LogP contribution in [0.25, 0.3) is 5.65 Å². The first kappa shape index (κ1) is 14.4. The highest BCUT2D eigenvalue weighted by Gasteiger charge is 2.09. The summed E-state index contributed by atoms with van der Waals surface area (Å²) in [6.45, 7) is 5.94. The minimum atomic E-state index is -0.327. The maximum absolute atomic E-state index is 13.5. The first-order valence-corrected chi connectivity index (χ1v) is 7.24. The first-order valence-electron chi connectivity index (χ1n) is 7.24. The van der Waals surface area contributed by atoms with Gasteiger partial charge in [-0.1, -0.05) is 25.1 Å². The molecule has 0 bridgehead atoms. The maximum atomic E-state index is 13.5. The molecule has 2 heterocycles. The summed E-state index contributed by atoms with van der Waals surface area (Å²) in [7, 11) is 0. The van der Waals surface area contributed by atoms with Crippen molar-refractivity contribution in [1.29, 1.82) is 0 Å². The van der Waals surface area contributed by atoms with Crippen molar-refractivity contribution in [2.45, 2.75) is 27.2 Å². The maximum Gasteiger partial charge on any atom is 0.182 e. The third-order valence-corrected chi connectivity index (χ3v) is 3.67. The third-order valence-electron chi connectivity index (χ3n) is 3.67. The molecule has 0 N–H and O–H groups in total. The number of nitrogens with zero attached hydrogens (tertiary/aromatic N) is 4. The van der Waals surface area contributed by atoms with Gasteiger partial charge in [-0.15, -0.1) is 10.2 Å². The largest absolute Gasteiger partial charge is 0.280 e. The molecule has 0 saturated carbocycles. The van der Waals surface area contributed by atoms with E-state index in [-0.39, 0.29) is 5.82 Å². The summed E-state index contributed by atoms with van der Waals surface area (Å²) in [5.41, 5.74) is 4.47. The van der Waals surface area contributed by atoms with Crippen molar-refractivity contribution in [2.75, 3.05) is 0 Å². The minimum Gasteiger partial charge on any atom is -0.280 e. The lowest BCUT2D eigenvalue weighted by Gasteiger charge is -2.05. The number of benzene rings is 1. The predicted octanol–water partition coefficient (Wildman–Crippen LogP) is 5.07. The van der Waals surface area contributed by atoms with Gasteiger partial charge in [0.15, 0.2) is 5.82 Å². The highest BCUT2D eigenvalue weighted by atomic mass is 19.1. The monoisotopic (exact) mass is 296 g/mol. The first-order chi connectivity index (χ1) is 10.6. The van der Waals surface area contributed by atoms with Crippen LogP contribution < -0.4 is 0 Å². The molecule has 1 aromatic carbocycles. The lowest BCUT2D eigenvalue weighted by Crippen LogP contribution is -1.86. The lowest BCUT2D eigenvalue weighted by molar-refractivity contribution is 0.619. The highest BCUT2D eigenvalue weighted by molar-refractivity contribution is 5.54. The van der Waals surface area contributed by atoms with Crippen LogP contribution >= 0.6 is 0 Å². The summed E-state index contributed by atoms with van der Waals surface area (Å²) in [4.78, 5) is 4.37. The average molecular weight is 296 g/mol. The second kappa shape index (κ2) is 5.67. The molecule has 0 atom stereocenters. The van der Waals surface area contributed by atoms with Crippen LogP contribution in [0.15, 0.2) is 46.8 Å². The van der Waals surface area contributed by atoms with E-state index in [1.165, 1.54) is 12.3 Å². The topological polar surface area (TPSA) is 42.0 Å². The molecule has 5 heteroatoms. The smallest absolute Gasteiger partial charge is 0.182 e. The Kier molecular flexibility index (Phi) is 3.71. The number of hydrogen-bond acceptors (Lipinski definition) is 3. The Morgan fingerprint density at radius 2 is 1.95 bits per heavy atom. The van der Waals surface area contributed by atoms with E-state index in [4.69, 9.17) is 0 Å². The van der Waals surface area contributed by atoms with Crippen molar-refractivity contribution in [3.8, 4) is 0 Å². The number of fused-ring (bicyclic) bond motifs is 1. The van der Waals surface area contributed by atoms with Crippen LogP contribution in [0.3, 0.4) is 0 Å². The van der Waals surface area contributed by atoms with Crippen LogP contribution in [-0.2, 0) is 6.42 Å². The molecule has 22 heavy (non-hydrogen) atoms. The highest BCUT2D eigenvalue weighted by Crippen LogP contribution is 2.28. The minimum absolute atomic E-state index is 0.327. The molecular weight excluding hydrogens is 279 g/mol. The van der Waals surface area contributed by atoms with Crippen LogP contribution in [-0.4, -0.2) is 9.38 Å². The SMILES string of the molecule is CCc1cccc(C)c1N=Nc1c(C)nc2ccc(F)cn12. The molecule has 0 radical (unpaired) electrons. The average Bonchev–Trinajstić information content (AvgIpc) is 2.81. The van der Waals surface area contributed by atoms with Crippen LogP contribution in [0.4, 0.5) is 15.9 Å². The Balaban J connectivity index is 2.11. The molecule has 0 unspecified atom stereocenters. The number of aromatic nitrogens is 2. The molecule has 2 aromatic heterocycles. The summed E-state index contributed by atoms with van der Waals surface area (Å²) in [6, 6.07) is 9.09. The second-order valence-electron chi connectivity index (χ2n) is 5.23. The number of halogens is 1. The van der Waals surface area contributed by atoms with E-state index in [2.05, 4.69) is 22.1 Å². The van der Waals surface area contributed by atoms with Crippen molar-refractivity contribution in [3.63, 3.8) is 0 Å². The van der Waals surface area contributed by atoms with Gasteiger partial charge in [0.1, 0.15) is 11.5 Å². The zero-order valence-corrected chi connectivity index (χ0v) is 12.8. The molecule has 0 amide bonds. The van der Waals surface area contributed by atoms with Gasteiger partial charge in [0.25, 0.3) is 0 Å². The molecular formula is C17H17FN4. The van der Waals surface area contributed by atoms with Gasteiger partial charge in [-0.3, -0.25) is 4.40 Å². The zero-order chi connectivity index (χ0) is 15.7. The van der Waals surface area contributed by atoms with E-state index in [0.29, 0.717) is 11.5 Å². The standard InChI is InChI=1S/C17H17FN4/c1-4-13-7-5-6-11(2)16(13)20-21-17-12(3)19-15-9-8-14(18)10-22(15)17/h5-10H,4H2,1-3H3. The van der Waals surface area contributed by atoms with Crippen molar-refractivity contribution < 1.29 is 4.39 Å². The number of rotatable bonds is 3. The van der Waals surface area contributed by atoms with Gasteiger partial charge in [-0.05, 0) is 43.5 Å². The Hall–Kier alpha value is -2.56. The van der Waals surface area contributed by atoms with Crippen molar-refractivity contribution in [1.82, 2.24) is 9.38 Å². The molecule has 0 fully saturated rings. The van der Waals surface area contributed by atoms with Crippen molar-refractivity contribution in [3.05, 3.63) is 59.2 Å². The van der Waals surface area contributed by atoms with E-state index in [1.807, 2.05) is 32.0 Å². The van der Waals surface area contributed by atoms with E-state index in [9.17, 15) is 4.39 Å². The molecule has 3 aromatic rings. The van der Waals surface area contributed by atoms with Gasteiger partial charge >= 0.3 is 0 Å². The molecule has 0 aliphatic heterocycles. The fourth-order valence-corrected chi connectivity index (χ4v) is 2.49. The number of hydrogen-bond donors (Lipinski definition) is 0. The van der Waals surface area contributed by atoms with Gasteiger partial charge in [0.2, 0.25) is 0 Å². The third kappa shape index (κ3) is 2.50. The van der Waals surface area contributed by atoms with E-state index < -0.39 is 0 Å². The Morgan fingerprint density at radius 3 is 2.73 bits per heavy atom. The molecule has 112 valence electrons. The van der Waals surface area contributed by atoms with Gasteiger partial charge in [-0.2, -0.15) is 0 Å². The van der Waals surface area contributed by atoms with Gasteiger partial charge < -0.3 is 0 Å². The quantitative estimate of drug-likeness (QED) is 0.622. The summed E-state index contributed by atoms with van der Waals surface area (Å²) < 4.78 is 15.1. The van der Waals surface area contributed by atoms with Crippen LogP contribution in [0.5, 0.6) is 0 Å².